The van der Waals surface area contributed by atoms with Crippen molar-refractivity contribution < 1.29 is 9.26 Å². The molecule has 1 aliphatic heterocycles. The Hall–Kier alpha value is -0.940. The zero-order valence-corrected chi connectivity index (χ0v) is 11.9. The summed E-state index contributed by atoms with van der Waals surface area (Å²) in [5, 5.41) is 4.08. The molecule has 2 rings (SSSR count). The van der Waals surface area contributed by atoms with Crippen molar-refractivity contribution in [3.63, 3.8) is 0 Å². The van der Waals surface area contributed by atoms with Crippen LogP contribution in [0.3, 0.4) is 0 Å². The van der Waals surface area contributed by atoms with Crippen LogP contribution in [0, 0.1) is 0 Å². The first-order chi connectivity index (χ1) is 8.38. The molecule has 0 unspecified atom stereocenters. The van der Waals surface area contributed by atoms with Gasteiger partial charge in [0.25, 0.3) is 0 Å². The van der Waals surface area contributed by atoms with E-state index in [-0.39, 0.29) is 17.6 Å². The molecule has 0 aliphatic carbocycles. The van der Waals surface area contributed by atoms with Crippen LogP contribution in [0.1, 0.15) is 52.4 Å². The van der Waals surface area contributed by atoms with Crippen LogP contribution in [0.2, 0.25) is 0 Å². The van der Waals surface area contributed by atoms with Gasteiger partial charge in [-0.2, -0.15) is 4.98 Å². The molecule has 5 heteroatoms. The molecule has 0 saturated carbocycles. The van der Waals surface area contributed by atoms with Gasteiger partial charge in [0, 0.05) is 18.5 Å². The molecule has 5 nitrogen and oxygen atoms in total. The molecule has 1 aromatic heterocycles. The van der Waals surface area contributed by atoms with Crippen molar-refractivity contribution in [3.8, 4) is 0 Å². The van der Waals surface area contributed by atoms with Crippen molar-refractivity contribution in [1.82, 2.24) is 15.0 Å². The summed E-state index contributed by atoms with van der Waals surface area (Å²) < 4.78 is 10.9. The molecule has 1 aliphatic rings. The summed E-state index contributed by atoms with van der Waals surface area (Å²) in [6.07, 6.45) is 0.270. The van der Waals surface area contributed by atoms with E-state index in [2.05, 4.69) is 49.7 Å². The lowest BCUT2D eigenvalue weighted by molar-refractivity contribution is -0.0361. The highest BCUT2D eigenvalue weighted by atomic mass is 16.5. The van der Waals surface area contributed by atoms with Gasteiger partial charge in [0.05, 0.1) is 18.8 Å². The van der Waals surface area contributed by atoms with E-state index in [1.165, 1.54) is 0 Å². The van der Waals surface area contributed by atoms with Crippen molar-refractivity contribution in [2.45, 2.75) is 52.2 Å². The third-order valence-electron chi connectivity index (χ3n) is 3.29. The van der Waals surface area contributed by atoms with Gasteiger partial charge in [0.1, 0.15) is 0 Å². The van der Waals surface area contributed by atoms with Gasteiger partial charge in [-0.1, -0.05) is 25.9 Å². The second-order valence-electron chi connectivity index (χ2n) is 6.06. The molecular weight excluding hydrogens is 230 g/mol. The van der Waals surface area contributed by atoms with Gasteiger partial charge in [-0.25, -0.2) is 0 Å². The Kier molecular flexibility index (Phi) is 3.73. The molecule has 1 fully saturated rings. The molecule has 0 N–H and O–H groups in total. The van der Waals surface area contributed by atoms with Gasteiger partial charge in [-0.05, 0) is 13.8 Å². The highest BCUT2D eigenvalue weighted by Gasteiger charge is 2.28. The maximum Gasteiger partial charge on any atom is 0.243 e. The predicted molar refractivity (Wildman–Crippen MR) is 68.4 cm³/mol. The molecule has 0 radical (unpaired) electrons. The number of nitrogens with zero attached hydrogens (tertiary/aromatic N) is 3. The summed E-state index contributed by atoms with van der Waals surface area (Å²) in [7, 11) is 0. The maximum atomic E-state index is 5.55. The summed E-state index contributed by atoms with van der Waals surface area (Å²) in [5.41, 5.74) is -0.0697. The maximum absolute atomic E-state index is 5.55. The van der Waals surface area contributed by atoms with Crippen LogP contribution in [-0.2, 0) is 10.2 Å². The van der Waals surface area contributed by atoms with E-state index >= 15 is 0 Å². The predicted octanol–water partition coefficient (Wildman–Crippen LogP) is 2.15. The summed E-state index contributed by atoms with van der Waals surface area (Å²) in [4.78, 5) is 6.85. The van der Waals surface area contributed by atoms with E-state index in [1.54, 1.807) is 0 Å². The average molecular weight is 253 g/mol. The Morgan fingerprint density at radius 2 is 2.11 bits per heavy atom. The average Bonchev–Trinajstić information content (AvgIpc) is 2.77. The van der Waals surface area contributed by atoms with E-state index in [4.69, 9.17) is 9.26 Å². The molecular formula is C13H23N3O2. The monoisotopic (exact) mass is 253 g/mol. The summed E-state index contributed by atoms with van der Waals surface area (Å²) in [6, 6.07) is 0.153. The molecule has 2 atom stereocenters. The Bertz CT molecular complexity index is 397. The van der Waals surface area contributed by atoms with E-state index < -0.39 is 0 Å². The fraction of sp³-hybridized carbons (Fsp3) is 0.846. The van der Waals surface area contributed by atoms with Crippen LogP contribution >= 0.6 is 0 Å². The molecule has 18 heavy (non-hydrogen) atoms. The Labute approximate surface area is 108 Å². The molecule has 0 aromatic carbocycles. The van der Waals surface area contributed by atoms with E-state index in [9.17, 15) is 0 Å². The molecule has 0 bridgehead atoms. The fourth-order valence-electron chi connectivity index (χ4n) is 2.06. The van der Waals surface area contributed by atoms with Crippen molar-refractivity contribution in [1.29, 1.82) is 0 Å². The number of morpholine rings is 1. The highest BCUT2D eigenvalue weighted by Crippen LogP contribution is 2.24. The second-order valence-corrected chi connectivity index (χ2v) is 6.06. The smallest absolute Gasteiger partial charge is 0.243 e. The van der Waals surface area contributed by atoms with Crippen molar-refractivity contribution in [3.05, 3.63) is 11.7 Å². The summed E-state index contributed by atoms with van der Waals surface area (Å²) in [5.74, 6) is 1.47. The number of hydrogen-bond acceptors (Lipinski definition) is 5. The van der Waals surface area contributed by atoms with Crippen LogP contribution < -0.4 is 0 Å². The molecule has 0 spiro atoms. The van der Waals surface area contributed by atoms with Gasteiger partial charge in [-0.15, -0.1) is 0 Å². The number of aromatic nitrogens is 2. The Balaban J connectivity index is 2.09. The SMILES string of the molecule is C[C@@H]1CN([C@@H](C)c2nc(C(C)(C)C)no2)CCO1. The summed E-state index contributed by atoms with van der Waals surface area (Å²) in [6.45, 7) is 13.1. The Morgan fingerprint density at radius 3 is 2.67 bits per heavy atom. The topological polar surface area (TPSA) is 51.4 Å². The first kappa shape index (κ1) is 13.5. The van der Waals surface area contributed by atoms with Crippen LogP contribution in [0.4, 0.5) is 0 Å². The normalized spacial score (nSPS) is 24.2. The van der Waals surface area contributed by atoms with Gasteiger partial charge < -0.3 is 9.26 Å². The van der Waals surface area contributed by atoms with Crippen LogP contribution in [0.25, 0.3) is 0 Å². The number of rotatable bonds is 2. The van der Waals surface area contributed by atoms with Crippen molar-refractivity contribution >= 4 is 0 Å². The first-order valence-corrected chi connectivity index (χ1v) is 6.57. The molecule has 1 saturated heterocycles. The van der Waals surface area contributed by atoms with Gasteiger partial charge in [-0.3, -0.25) is 4.90 Å². The minimum absolute atomic E-state index is 0.0697. The molecule has 0 amide bonds. The lowest BCUT2D eigenvalue weighted by Gasteiger charge is -2.33. The van der Waals surface area contributed by atoms with E-state index in [0.29, 0.717) is 5.89 Å². The van der Waals surface area contributed by atoms with Crippen LogP contribution in [0.15, 0.2) is 4.52 Å². The largest absolute Gasteiger partial charge is 0.376 e. The number of hydrogen-bond donors (Lipinski definition) is 0. The minimum atomic E-state index is -0.0697. The molecule has 102 valence electrons. The van der Waals surface area contributed by atoms with Crippen molar-refractivity contribution in [2.75, 3.05) is 19.7 Å². The third-order valence-corrected chi connectivity index (χ3v) is 3.29. The standard InChI is InChI=1S/C13H23N3O2/c1-9-8-16(6-7-17-9)10(2)11-14-12(15-18-11)13(3,4)5/h9-10H,6-8H2,1-5H3/t9-,10+/m1/s1. The molecule has 1 aromatic rings. The highest BCUT2D eigenvalue weighted by molar-refractivity contribution is 5.02. The lowest BCUT2D eigenvalue weighted by Crippen LogP contribution is -2.42. The van der Waals surface area contributed by atoms with E-state index in [1.807, 2.05) is 0 Å². The Morgan fingerprint density at radius 1 is 1.39 bits per heavy atom. The zero-order valence-electron chi connectivity index (χ0n) is 11.9. The minimum Gasteiger partial charge on any atom is -0.376 e. The number of ether oxygens (including phenoxy) is 1. The van der Waals surface area contributed by atoms with Gasteiger partial charge >= 0.3 is 0 Å². The third kappa shape index (κ3) is 2.90. The first-order valence-electron chi connectivity index (χ1n) is 6.57. The zero-order chi connectivity index (χ0) is 13.3. The summed E-state index contributed by atoms with van der Waals surface area (Å²) >= 11 is 0. The lowest BCUT2D eigenvalue weighted by atomic mass is 9.96. The molecule has 2 heterocycles. The second kappa shape index (κ2) is 4.97. The quantitative estimate of drug-likeness (QED) is 0.808. The van der Waals surface area contributed by atoms with E-state index in [0.717, 1.165) is 25.5 Å². The van der Waals surface area contributed by atoms with Gasteiger partial charge in [0.15, 0.2) is 5.82 Å². The van der Waals surface area contributed by atoms with Crippen molar-refractivity contribution in [2.24, 2.45) is 0 Å². The van der Waals surface area contributed by atoms with Gasteiger partial charge in [0.2, 0.25) is 5.89 Å². The fourth-order valence-corrected chi connectivity index (χ4v) is 2.06. The van der Waals surface area contributed by atoms with Crippen LogP contribution in [0.5, 0.6) is 0 Å². The van der Waals surface area contributed by atoms with Crippen LogP contribution in [-0.4, -0.2) is 40.8 Å².